The minimum Gasteiger partial charge on any atom is -0.508 e. The molecular formula is C80H142N16O16. The lowest BCUT2D eigenvalue weighted by Crippen LogP contribution is -2.62. The smallest absolute Gasteiger partial charge is 0.268 e. The number of carbonyl (C=O) groups is 13. The fraction of sp³-hybridized carbons (Fsp3) is 0.738. The Bertz CT molecular complexity index is 3170. The van der Waals surface area contributed by atoms with E-state index in [4.69, 9.17) is 17.2 Å². The van der Waals surface area contributed by atoms with Gasteiger partial charge in [0.2, 0.25) is 65.0 Å². The summed E-state index contributed by atoms with van der Waals surface area (Å²) in [7, 11) is 0. The van der Waals surface area contributed by atoms with Gasteiger partial charge in [0.05, 0.1) is 12.6 Å². The number of benzene rings is 1. The van der Waals surface area contributed by atoms with E-state index in [1.165, 1.54) is 25.1 Å². The van der Waals surface area contributed by atoms with E-state index in [0.29, 0.717) is 44.1 Å². The van der Waals surface area contributed by atoms with Crippen LogP contribution in [0.5, 0.6) is 5.75 Å². The summed E-state index contributed by atoms with van der Waals surface area (Å²) >= 11 is 0. The van der Waals surface area contributed by atoms with Crippen LogP contribution >= 0.6 is 0 Å². The topological polar surface area (TPSA) is 517 Å². The van der Waals surface area contributed by atoms with Crippen molar-refractivity contribution >= 4 is 76.8 Å². The van der Waals surface area contributed by atoms with Crippen LogP contribution in [0, 0.1) is 53.3 Å². The number of aromatic hydroxyl groups is 1. The quantitative estimate of drug-likeness (QED) is 0.0327. The molecule has 4 unspecified atom stereocenters. The second-order valence-corrected chi connectivity index (χ2v) is 32.3. The highest BCUT2D eigenvalue weighted by Gasteiger charge is 2.40. The Morgan fingerprint density at radius 1 is 0.375 bits per heavy atom. The summed E-state index contributed by atoms with van der Waals surface area (Å²) in [6.07, 6.45) is 2.98. The zero-order valence-corrected chi connectivity index (χ0v) is 70.2. The highest BCUT2D eigenvalue weighted by molar-refractivity contribution is 6.02. The van der Waals surface area contributed by atoms with Crippen molar-refractivity contribution in [2.45, 2.75) is 300 Å². The molecular weight excluding hydrogens is 1440 g/mol. The number of amides is 13. The van der Waals surface area contributed by atoms with Gasteiger partial charge in [-0.2, -0.15) is 0 Å². The number of phenols is 1. The predicted molar refractivity (Wildman–Crippen MR) is 431 cm³/mol. The van der Waals surface area contributed by atoms with Gasteiger partial charge in [-0.1, -0.05) is 156 Å². The first-order chi connectivity index (χ1) is 52.6. The molecule has 638 valence electrons. The highest BCUT2D eigenvalue weighted by Crippen LogP contribution is 2.19. The van der Waals surface area contributed by atoms with Crippen LogP contribution in [0.4, 0.5) is 0 Å². The van der Waals surface area contributed by atoms with Crippen LogP contribution in [0.3, 0.4) is 0 Å². The van der Waals surface area contributed by atoms with Gasteiger partial charge in [0.25, 0.3) is 11.8 Å². The van der Waals surface area contributed by atoms with Gasteiger partial charge < -0.3 is 102 Å². The molecule has 13 amide bonds. The van der Waals surface area contributed by atoms with Gasteiger partial charge in [0.15, 0.2) is 0 Å². The molecule has 0 aliphatic rings. The average molecular weight is 1580 g/mol. The molecule has 1 aromatic carbocycles. The third-order valence-corrected chi connectivity index (χ3v) is 19.6. The molecule has 0 radical (unpaired) electrons. The molecule has 32 heteroatoms. The SMILES string of the molecule is C/C=C(/NC(=O)[C@@H](O)[C@@H](C)CC)C(=O)NC(CC(C)C)C(=O)N[C@H](CCCN)C(=O)N[C@H](C(=O)N[C@H](C(=O)N[C@H](C(=O)NC(CCCCN)C(=O)N[C@H](C(=O)N[C@@H](CC(C)C)C(=O)NC(CCCCN)C(=O)N[C@H](Cc1ccc(O)cc1)C(=O)NC(CC(C)C)C(=O)N[C@H](CO)C(C)C)C(C)C)C(C)C)C(C)C)[C@@H](C)CC. The van der Waals surface area contributed by atoms with Gasteiger partial charge in [-0.05, 0) is 168 Å². The molecule has 0 aromatic heterocycles. The van der Waals surface area contributed by atoms with Gasteiger partial charge >= 0.3 is 0 Å². The standard InChI is InChI=1S/C80H142N16O16/c1-20-50(18)66(96-71(103)57(30-27-37-83)86-72(104)58(38-43(4)5)88-68(100)54(22-3)84-80(112)67(99)51(19)21-2)79(111)95-65(49(16)17)78(110)94-64(48(14)15)76(108)87-56(29-24-26-36-82)70(102)93-63(47(12)13)77(109)91-60(40-45(8)9)73(105)85-55(28-23-25-35-81)69(101)90-61(41-52-31-33-53(98)34-32-52)75(107)89-59(39-44(6)7)74(106)92-62(42-97)46(10)11/h22,31-34,43-51,55-67,97-99H,20-21,23-30,35-42,81-83H2,1-19H3,(H,84,112)(H,85,105)(H,86,104)(H,87,108)(H,88,100)(H,89,107)(H,90,101)(H,91,109)(H,92,106)(H,93,102)(H,94,110)(H,95,111)(H,96,103)/b54-22+/t50-,51-,55?,56?,57+,58?,59?,60-,61+,62+,63-,64-,65-,66-,67-/m0/s1. The first-order valence-corrected chi connectivity index (χ1v) is 40.4. The summed E-state index contributed by atoms with van der Waals surface area (Å²) in [5, 5.41) is 66.4. The molecule has 0 bridgehead atoms. The van der Waals surface area contributed by atoms with E-state index >= 15 is 0 Å². The average Bonchev–Trinajstić information content (AvgIpc) is 0.846. The number of nitrogens with two attached hydrogens (primary N) is 3. The summed E-state index contributed by atoms with van der Waals surface area (Å²) in [6.45, 7) is 33.4. The Balaban J connectivity index is 3.65. The van der Waals surface area contributed by atoms with E-state index in [2.05, 4.69) is 69.1 Å². The summed E-state index contributed by atoms with van der Waals surface area (Å²) < 4.78 is 0. The largest absolute Gasteiger partial charge is 0.508 e. The lowest BCUT2D eigenvalue weighted by Gasteiger charge is -2.31. The lowest BCUT2D eigenvalue weighted by molar-refractivity contribution is -0.137. The van der Waals surface area contributed by atoms with Crippen LogP contribution in [0.25, 0.3) is 0 Å². The fourth-order valence-corrected chi connectivity index (χ4v) is 12.1. The zero-order chi connectivity index (χ0) is 85.4. The van der Waals surface area contributed by atoms with Crippen molar-refractivity contribution in [2.24, 2.45) is 70.5 Å². The van der Waals surface area contributed by atoms with Crippen molar-refractivity contribution in [3.05, 3.63) is 41.6 Å². The number of rotatable bonds is 54. The number of aliphatic hydroxyl groups is 2. The minimum absolute atomic E-state index is 0.0213. The van der Waals surface area contributed by atoms with Crippen molar-refractivity contribution in [1.29, 1.82) is 0 Å². The number of aliphatic hydroxyl groups excluding tert-OH is 2. The number of unbranched alkanes of at least 4 members (excludes halogenated alkanes) is 2. The zero-order valence-electron chi connectivity index (χ0n) is 70.2. The van der Waals surface area contributed by atoms with E-state index in [1.807, 2.05) is 55.4 Å². The van der Waals surface area contributed by atoms with Gasteiger partial charge in [-0.15, -0.1) is 0 Å². The monoisotopic (exact) mass is 1580 g/mol. The molecule has 0 spiro atoms. The lowest BCUT2D eigenvalue weighted by atomic mass is 9.95. The molecule has 0 fully saturated rings. The molecule has 0 heterocycles. The molecule has 0 saturated carbocycles. The maximum atomic E-state index is 14.7. The number of hydrogen-bond donors (Lipinski definition) is 19. The number of hydrogen-bond acceptors (Lipinski definition) is 19. The normalized spacial score (nSPS) is 15.8. The Kier molecular flexibility index (Phi) is 48.0. The van der Waals surface area contributed by atoms with Crippen molar-refractivity contribution in [1.82, 2.24) is 69.1 Å². The fourth-order valence-electron chi connectivity index (χ4n) is 12.1. The maximum absolute atomic E-state index is 14.7. The van der Waals surface area contributed by atoms with Crippen molar-refractivity contribution < 1.29 is 77.6 Å². The Labute approximate surface area is 664 Å². The third kappa shape index (κ3) is 36.7. The van der Waals surface area contributed by atoms with Crippen LogP contribution in [-0.4, -0.2) is 197 Å². The van der Waals surface area contributed by atoms with Crippen molar-refractivity contribution in [3.63, 3.8) is 0 Å². The van der Waals surface area contributed by atoms with Gasteiger partial charge in [0.1, 0.15) is 84.0 Å². The van der Waals surface area contributed by atoms with Gasteiger partial charge in [0, 0.05) is 6.42 Å². The Hall–Kier alpha value is -8.33. The van der Waals surface area contributed by atoms with Crippen LogP contribution in [0.2, 0.25) is 0 Å². The number of nitrogens with one attached hydrogen (secondary N) is 13. The number of carbonyl (C=O) groups excluding carboxylic acids is 13. The maximum Gasteiger partial charge on any atom is 0.268 e. The molecule has 1 rings (SSSR count). The Morgan fingerprint density at radius 2 is 0.696 bits per heavy atom. The van der Waals surface area contributed by atoms with Crippen LogP contribution < -0.4 is 86.3 Å². The Morgan fingerprint density at radius 3 is 1.08 bits per heavy atom. The van der Waals surface area contributed by atoms with Crippen LogP contribution in [0.1, 0.15) is 221 Å². The van der Waals surface area contributed by atoms with Gasteiger partial charge in [-0.3, -0.25) is 62.3 Å². The molecule has 1 aromatic rings. The number of phenolic OH excluding ortho intramolecular Hbond substituents is 1. The molecule has 112 heavy (non-hydrogen) atoms. The summed E-state index contributed by atoms with van der Waals surface area (Å²) in [5.41, 5.74) is 18.0. The van der Waals surface area contributed by atoms with Crippen molar-refractivity contribution in [2.75, 3.05) is 26.2 Å². The van der Waals surface area contributed by atoms with Crippen LogP contribution in [0.15, 0.2) is 36.0 Å². The molecule has 15 atom stereocenters. The molecule has 32 nitrogen and oxygen atoms in total. The summed E-state index contributed by atoms with van der Waals surface area (Å²) in [4.78, 5) is 186. The summed E-state index contributed by atoms with van der Waals surface area (Å²) in [6, 6.07) is -8.64. The number of allylic oxidation sites excluding steroid dienone is 1. The van der Waals surface area contributed by atoms with Crippen LogP contribution in [-0.2, 0) is 68.7 Å². The molecule has 0 aliphatic heterocycles. The van der Waals surface area contributed by atoms with E-state index in [-0.39, 0.29) is 113 Å². The molecule has 0 saturated heterocycles. The predicted octanol–water partition coefficient (Wildman–Crippen LogP) is 1.98. The second-order valence-electron chi connectivity index (χ2n) is 32.3. The van der Waals surface area contributed by atoms with Gasteiger partial charge in [-0.25, -0.2) is 0 Å². The second kappa shape index (κ2) is 52.9. The first-order valence-electron chi connectivity index (χ1n) is 40.4. The molecule has 22 N–H and O–H groups in total. The molecule has 0 aliphatic carbocycles. The minimum atomic E-state index is -1.40. The first kappa shape index (κ1) is 102. The van der Waals surface area contributed by atoms with E-state index in [0.717, 1.165) is 0 Å². The summed E-state index contributed by atoms with van der Waals surface area (Å²) in [5.74, 6) is -13.2. The van der Waals surface area contributed by atoms with E-state index < -0.39 is 185 Å². The third-order valence-electron chi connectivity index (χ3n) is 19.6. The van der Waals surface area contributed by atoms with Crippen molar-refractivity contribution in [3.8, 4) is 5.75 Å². The van der Waals surface area contributed by atoms with E-state index in [1.54, 1.807) is 81.4 Å². The van der Waals surface area contributed by atoms with E-state index in [9.17, 15) is 77.6 Å². The highest BCUT2D eigenvalue weighted by atomic mass is 16.3.